The number of hydrogen-bond acceptors (Lipinski definition) is 3. The SMILES string of the molecule is c1ccc(-c2ccc(N(c3ccccc3)c3cc4oc5cccc(-c6cccnc6)c5c4c4ccccc34)cc2)cc1. The van der Waals surface area contributed by atoms with Gasteiger partial charge in [-0.2, -0.15) is 0 Å². The molecule has 0 fully saturated rings. The van der Waals surface area contributed by atoms with Gasteiger partial charge in [0.1, 0.15) is 11.2 Å². The lowest BCUT2D eigenvalue weighted by Crippen LogP contribution is -2.10. The van der Waals surface area contributed by atoms with Crippen molar-refractivity contribution in [2.75, 3.05) is 4.90 Å². The maximum absolute atomic E-state index is 6.62. The van der Waals surface area contributed by atoms with Crippen molar-refractivity contribution in [1.82, 2.24) is 4.98 Å². The third-order valence-corrected chi connectivity index (χ3v) is 7.94. The standard InChI is InChI=1S/C39H26N2O/c1-3-11-27(12-4-1)28-20-22-31(23-21-28)41(30-14-5-2-6-15-30)35-25-37-39(34-17-8-7-16-33(34)35)38-32(18-9-19-36(38)42-37)29-13-10-24-40-26-29/h1-26H. The van der Waals surface area contributed by atoms with Crippen LogP contribution in [0.15, 0.2) is 162 Å². The second-order valence-electron chi connectivity index (χ2n) is 10.4. The molecular weight excluding hydrogens is 512 g/mol. The fourth-order valence-electron chi connectivity index (χ4n) is 6.05. The van der Waals surface area contributed by atoms with E-state index in [0.29, 0.717) is 0 Å². The molecule has 0 N–H and O–H groups in total. The Morgan fingerprint density at radius 3 is 1.90 bits per heavy atom. The van der Waals surface area contributed by atoms with Crippen molar-refractivity contribution in [2.24, 2.45) is 0 Å². The van der Waals surface area contributed by atoms with E-state index in [2.05, 4.69) is 143 Å². The van der Waals surface area contributed by atoms with Crippen LogP contribution in [0.3, 0.4) is 0 Å². The van der Waals surface area contributed by atoms with Crippen molar-refractivity contribution in [3.8, 4) is 22.3 Å². The average Bonchev–Trinajstić information content (AvgIpc) is 3.45. The van der Waals surface area contributed by atoms with Crippen LogP contribution in [0.25, 0.3) is 55.0 Å². The fraction of sp³-hybridized carbons (Fsp3) is 0. The maximum atomic E-state index is 6.62. The molecule has 0 saturated carbocycles. The molecule has 0 aliphatic rings. The molecule has 198 valence electrons. The number of anilines is 3. The number of benzene rings is 6. The van der Waals surface area contributed by atoms with Crippen molar-refractivity contribution in [3.05, 3.63) is 158 Å². The van der Waals surface area contributed by atoms with Crippen LogP contribution in [-0.4, -0.2) is 4.98 Å². The fourth-order valence-corrected chi connectivity index (χ4v) is 6.05. The van der Waals surface area contributed by atoms with Gasteiger partial charge in [-0.1, -0.05) is 103 Å². The summed E-state index contributed by atoms with van der Waals surface area (Å²) in [6.45, 7) is 0. The summed E-state index contributed by atoms with van der Waals surface area (Å²) in [5.41, 5.74) is 9.54. The molecule has 0 unspecified atom stereocenters. The van der Waals surface area contributed by atoms with Crippen LogP contribution in [0.5, 0.6) is 0 Å². The van der Waals surface area contributed by atoms with Crippen LogP contribution in [0.1, 0.15) is 0 Å². The Morgan fingerprint density at radius 2 is 1.14 bits per heavy atom. The lowest BCUT2D eigenvalue weighted by Gasteiger charge is -2.27. The summed E-state index contributed by atoms with van der Waals surface area (Å²) < 4.78 is 6.62. The van der Waals surface area contributed by atoms with Gasteiger partial charge in [0.25, 0.3) is 0 Å². The molecule has 2 aromatic heterocycles. The van der Waals surface area contributed by atoms with Gasteiger partial charge >= 0.3 is 0 Å². The number of rotatable bonds is 5. The van der Waals surface area contributed by atoms with Gasteiger partial charge in [-0.25, -0.2) is 0 Å². The van der Waals surface area contributed by atoms with Crippen LogP contribution in [0.4, 0.5) is 17.1 Å². The molecule has 0 amide bonds. The smallest absolute Gasteiger partial charge is 0.138 e. The molecule has 8 rings (SSSR count). The Bertz CT molecular complexity index is 2170. The molecular formula is C39H26N2O. The molecule has 6 aromatic carbocycles. The van der Waals surface area contributed by atoms with Gasteiger partial charge < -0.3 is 9.32 Å². The minimum Gasteiger partial charge on any atom is -0.456 e. The normalized spacial score (nSPS) is 11.3. The van der Waals surface area contributed by atoms with E-state index < -0.39 is 0 Å². The Morgan fingerprint density at radius 1 is 0.476 bits per heavy atom. The van der Waals surface area contributed by atoms with E-state index in [1.807, 2.05) is 24.5 Å². The largest absolute Gasteiger partial charge is 0.456 e. The third-order valence-electron chi connectivity index (χ3n) is 7.94. The monoisotopic (exact) mass is 538 g/mol. The molecule has 8 aromatic rings. The van der Waals surface area contributed by atoms with Crippen molar-refractivity contribution in [2.45, 2.75) is 0 Å². The molecule has 0 radical (unpaired) electrons. The zero-order valence-corrected chi connectivity index (χ0v) is 22.8. The lowest BCUT2D eigenvalue weighted by molar-refractivity contribution is 0.669. The van der Waals surface area contributed by atoms with Crippen molar-refractivity contribution < 1.29 is 4.42 Å². The summed E-state index contributed by atoms with van der Waals surface area (Å²) >= 11 is 0. The number of aromatic nitrogens is 1. The maximum Gasteiger partial charge on any atom is 0.138 e. The molecule has 2 heterocycles. The first-order valence-electron chi connectivity index (χ1n) is 14.1. The predicted molar refractivity (Wildman–Crippen MR) is 175 cm³/mol. The first-order valence-corrected chi connectivity index (χ1v) is 14.1. The van der Waals surface area contributed by atoms with Crippen LogP contribution in [0, 0.1) is 0 Å². The minimum absolute atomic E-state index is 0.858. The quantitative estimate of drug-likeness (QED) is 0.218. The first-order chi connectivity index (χ1) is 20.8. The minimum atomic E-state index is 0.858. The van der Waals surface area contributed by atoms with Crippen LogP contribution < -0.4 is 4.90 Å². The molecule has 0 aliphatic heterocycles. The van der Waals surface area contributed by atoms with Gasteiger partial charge in [0.15, 0.2) is 0 Å². The average molecular weight is 539 g/mol. The Labute approximate surface area is 243 Å². The summed E-state index contributed by atoms with van der Waals surface area (Å²) in [6.07, 6.45) is 3.73. The molecule has 42 heavy (non-hydrogen) atoms. The number of furan rings is 1. The summed E-state index contributed by atoms with van der Waals surface area (Å²) in [7, 11) is 0. The van der Waals surface area contributed by atoms with E-state index >= 15 is 0 Å². The zero-order chi connectivity index (χ0) is 27.9. The number of fused-ring (bicyclic) bond motifs is 5. The van der Waals surface area contributed by atoms with Gasteiger partial charge in [0, 0.05) is 51.6 Å². The third kappa shape index (κ3) is 4.03. The van der Waals surface area contributed by atoms with Gasteiger partial charge in [0.2, 0.25) is 0 Å². The van der Waals surface area contributed by atoms with Gasteiger partial charge in [-0.3, -0.25) is 4.98 Å². The highest BCUT2D eigenvalue weighted by Gasteiger charge is 2.21. The molecule has 0 saturated heterocycles. The highest BCUT2D eigenvalue weighted by Crippen LogP contribution is 2.46. The van der Waals surface area contributed by atoms with E-state index in [-0.39, 0.29) is 0 Å². The van der Waals surface area contributed by atoms with Crippen molar-refractivity contribution in [1.29, 1.82) is 0 Å². The topological polar surface area (TPSA) is 29.3 Å². The second-order valence-corrected chi connectivity index (χ2v) is 10.4. The molecule has 3 heteroatoms. The first kappa shape index (κ1) is 24.2. The van der Waals surface area contributed by atoms with Crippen molar-refractivity contribution >= 4 is 49.8 Å². The number of para-hydroxylation sites is 1. The molecule has 0 spiro atoms. The molecule has 0 atom stereocenters. The number of nitrogens with zero attached hydrogens (tertiary/aromatic N) is 2. The summed E-state index contributed by atoms with van der Waals surface area (Å²) in [5.74, 6) is 0. The van der Waals surface area contributed by atoms with Crippen LogP contribution in [0.2, 0.25) is 0 Å². The second kappa shape index (κ2) is 10.1. The Kier molecular flexibility index (Phi) is 5.79. The van der Waals surface area contributed by atoms with Crippen LogP contribution >= 0.6 is 0 Å². The van der Waals surface area contributed by atoms with Crippen molar-refractivity contribution in [3.63, 3.8) is 0 Å². The van der Waals surface area contributed by atoms with Crippen LogP contribution in [-0.2, 0) is 0 Å². The van der Waals surface area contributed by atoms with Gasteiger partial charge in [-0.15, -0.1) is 0 Å². The summed E-state index contributed by atoms with van der Waals surface area (Å²) in [6, 6.07) is 51.0. The van der Waals surface area contributed by atoms with E-state index in [1.54, 1.807) is 0 Å². The van der Waals surface area contributed by atoms with Gasteiger partial charge in [-0.05, 0) is 58.5 Å². The highest BCUT2D eigenvalue weighted by atomic mass is 16.3. The Balaban J connectivity index is 1.39. The molecule has 0 bridgehead atoms. The summed E-state index contributed by atoms with van der Waals surface area (Å²) in [4.78, 5) is 6.71. The zero-order valence-electron chi connectivity index (χ0n) is 22.8. The van der Waals surface area contributed by atoms with E-state index in [1.165, 1.54) is 11.1 Å². The lowest BCUT2D eigenvalue weighted by atomic mass is 9.96. The van der Waals surface area contributed by atoms with E-state index in [0.717, 1.165) is 60.9 Å². The van der Waals surface area contributed by atoms with E-state index in [9.17, 15) is 0 Å². The van der Waals surface area contributed by atoms with E-state index in [4.69, 9.17) is 4.42 Å². The summed E-state index contributed by atoms with van der Waals surface area (Å²) in [5, 5.41) is 4.55. The number of hydrogen-bond donors (Lipinski definition) is 0. The highest BCUT2D eigenvalue weighted by molar-refractivity contribution is 6.25. The van der Waals surface area contributed by atoms with Gasteiger partial charge in [0.05, 0.1) is 5.69 Å². The predicted octanol–water partition coefficient (Wildman–Crippen LogP) is 10.9. The molecule has 0 aliphatic carbocycles. The molecule has 3 nitrogen and oxygen atoms in total. The number of pyridine rings is 1. The Hall–Kier alpha value is -5.67.